The highest BCUT2D eigenvalue weighted by atomic mass is 16.3. The molecule has 0 atom stereocenters. The van der Waals surface area contributed by atoms with Crippen LogP contribution in [0, 0.1) is 0 Å². The second-order valence-electron chi connectivity index (χ2n) is 3.98. The summed E-state index contributed by atoms with van der Waals surface area (Å²) < 4.78 is 0. The monoisotopic (exact) mass is 256 g/mol. The lowest BCUT2D eigenvalue weighted by molar-refractivity contribution is 0.276. The highest BCUT2D eigenvalue weighted by Gasteiger charge is 2.04. The first-order valence-corrected chi connectivity index (χ1v) is 5.79. The van der Waals surface area contributed by atoms with E-state index >= 15 is 0 Å². The van der Waals surface area contributed by atoms with E-state index in [1.165, 1.54) is 6.33 Å². The smallest absolute Gasteiger partial charge is 0.142 e. The van der Waals surface area contributed by atoms with Crippen molar-refractivity contribution in [3.8, 4) is 0 Å². The van der Waals surface area contributed by atoms with Crippen LogP contribution in [-0.2, 0) is 13.2 Å². The highest BCUT2D eigenvalue weighted by Crippen LogP contribution is 2.17. The summed E-state index contributed by atoms with van der Waals surface area (Å²) in [7, 11) is 0. The van der Waals surface area contributed by atoms with Gasteiger partial charge in [-0.25, -0.2) is 9.97 Å². The molecule has 3 aromatic rings. The quantitative estimate of drug-likeness (QED) is 0.640. The second kappa shape index (κ2) is 4.99. The van der Waals surface area contributed by atoms with Gasteiger partial charge < -0.3 is 15.4 Å². The van der Waals surface area contributed by atoms with E-state index in [-0.39, 0.29) is 6.61 Å². The number of aromatic nitrogens is 5. The largest absolute Gasteiger partial charge is 0.390 e. The zero-order valence-corrected chi connectivity index (χ0v) is 10.0. The third-order valence-electron chi connectivity index (χ3n) is 2.69. The number of hydrogen-bond donors (Lipinski definition) is 3. The van der Waals surface area contributed by atoms with Gasteiger partial charge >= 0.3 is 0 Å². The lowest BCUT2D eigenvalue weighted by Gasteiger charge is -2.06. The molecule has 0 fully saturated rings. The first-order valence-electron chi connectivity index (χ1n) is 5.79. The summed E-state index contributed by atoms with van der Waals surface area (Å²) in [5.41, 5.74) is 2.08. The molecule has 0 bridgehead atoms. The van der Waals surface area contributed by atoms with Crippen molar-refractivity contribution in [2.45, 2.75) is 13.2 Å². The van der Waals surface area contributed by atoms with Gasteiger partial charge in [0.1, 0.15) is 17.8 Å². The average Bonchev–Trinajstić information content (AvgIpc) is 2.94. The number of anilines is 1. The Morgan fingerprint density at radius 2 is 2.11 bits per heavy atom. The molecule has 0 amide bonds. The fourth-order valence-corrected chi connectivity index (χ4v) is 1.80. The van der Waals surface area contributed by atoms with Crippen molar-refractivity contribution < 1.29 is 5.11 Å². The van der Waals surface area contributed by atoms with Gasteiger partial charge in [-0.1, -0.05) is 0 Å². The Hall–Kier alpha value is -2.54. The molecule has 3 aromatic heterocycles. The molecule has 0 aromatic carbocycles. The summed E-state index contributed by atoms with van der Waals surface area (Å²) in [6.07, 6.45) is 6.51. The molecule has 0 saturated carbocycles. The van der Waals surface area contributed by atoms with Crippen molar-refractivity contribution >= 4 is 16.9 Å². The van der Waals surface area contributed by atoms with Crippen molar-refractivity contribution in [1.82, 2.24) is 24.9 Å². The maximum Gasteiger partial charge on any atom is 0.142 e. The van der Waals surface area contributed by atoms with Gasteiger partial charge in [-0.3, -0.25) is 9.97 Å². The molecule has 0 saturated heterocycles. The van der Waals surface area contributed by atoms with Crippen LogP contribution in [-0.4, -0.2) is 30.0 Å². The van der Waals surface area contributed by atoms with E-state index < -0.39 is 0 Å². The van der Waals surface area contributed by atoms with E-state index in [4.69, 9.17) is 5.11 Å². The van der Waals surface area contributed by atoms with Gasteiger partial charge in [-0.2, -0.15) is 0 Å². The van der Waals surface area contributed by atoms with E-state index in [1.54, 1.807) is 12.4 Å². The van der Waals surface area contributed by atoms with Crippen molar-refractivity contribution in [2.24, 2.45) is 0 Å². The topological polar surface area (TPSA) is 99.6 Å². The number of H-pyrrole nitrogens is 1. The number of aliphatic hydroxyl groups is 1. The molecular formula is C12H12N6O. The van der Waals surface area contributed by atoms with E-state index in [0.29, 0.717) is 12.2 Å². The van der Waals surface area contributed by atoms with Gasteiger partial charge in [0.05, 0.1) is 42.3 Å². The van der Waals surface area contributed by atoms with Crippen LogP contribution in [0.15, 0.2) is 31.0 Å². The van der Waals surface area contributed by atoms with Gasteiger partial charge in [0.2, 0.25) is 0 Å². The Kier molecular flexibility index (Phi) is 3.03. The first kappa shape index (κ1) is 11.5. The Morgan fingerprint density at radius 1 is 1.21 bits per heavy atom. The molecule has 3 rings (SSSR count). The third-order valence-corrected chi connectivity index (χ3v) is 2.69. The zero-order valence-electron chi connectivity index (χ0n) is 10.0. The van der Waals surface area contributed by atoms with Crippen molar-refractivity contribution in [1.29, 1.82) is 0 Å². The summed E-state index contributed by atoms with van der Waals surface area (Å²) in [5.74, 6) is 0.738. The molecule has 3 heterocycles. The minimum Gasteiger partial charge on any atom is -0.390 e. The predicted molar refractivity (Wildman–Crippen MR) is 69.2 cm³/mol. The number of nitrogens with one attached hydrogen (secondary N) is 2. The minimum absolute atomic E-state index is 0.115. The Labute approximate surface area is 108 Å². The molecule has 19 heavy (non-hydrogen) atoms. The van der Waals surface area contributed by atoms with Crippen LogP contribution in [0.3, 0.4) is 0 Å². The maximum atomic E-state index is 9.01. The molecule has 0 unspecified atom stereocenters. The molecule has 0 radical (unpaired) electrons. The first-order chi connectivity index (χ1) is 9.36. The molecule has 0 aliphatic carbocycles. The van der Waals surface area contributed by atoms with E-state index in [2.05, 4.69) is 30.2 Å². The second-order valence-corrected chi connectivity index (χ2v) is 3.98. The molecule has 0 spiro atoms. The van der Waals surface area contributed by atoms with Crippen LogP contribution < -0.4 is 5.32 Å². The van der Waals surface area contributed by atoms with Crippen molar-refractivity contribution in [3.63, 3.8) is 0 Å². The number of fused-ring (bicyclic) bond motifs is 1. The van der Waals surface area contributed by atoms with Gasteiger partial charge in [-0.15, -0.1) is 0 Å². The predicted octanol–water partition coefficient (Wildman–Crippen LogP) is 0.852. The maximum absolute atomic E-state index is 9.01. The zero-order chi connectivity index (χ0) is 13.1. The van der Waals surface area contributed by atoms with Gasteiger partial charge in [0.15, 0.2) is 0 Å². The van der Waals surface area contributed by atoms with Crippen LogP contribution in [0.5, 0.6) is 0 Å². The van der Waals surface area contributed by atoms with Crippen LogP contribution in [0.1, 0.15) is 11.4 Å². The molecule has 0 aliphatic heterocycles. The van der Waals surface area contributed by atoms with Gasteiger partial charge in [0.25, 0.3) is 0 Å². The Bertz CT molecular complexity index is 695. The number of rotatable bonds is 4. The molecular weight excluding hydrogens is 244 g/mol. The molecule has 7 nitrogen and oxygen atoms in total. The molecule has 3 N–H and O–H groups in total. The number of aliphatic hydroxyl groups excluding tert-OH is 1. The molecule has 96 valence electrons. The fourth-order valence-electron chi connectivity index (χ4n) is 1.80. The van der Waals surface area contributed by atoms with Gasteiger partial charge in [0, 0.05) is 6.20 Å². The summed E-state index contributed by atoms with van der Waals surface area (Å²) in [5, 5.41) is 13.1. The Morgan fingerprint density at radius 3 is 3.00 bits per heavy atom. The van der Waals surface area contributed by atoms with Crippen molar-refractivity contribution in [3.05, 3.63) is 42.4 Å². The van der Waals surface area contributed by atoms with Gasteiger partial charge in [-0.05, 0) is 6.07 Å². The number of aromatic amines is 1. The average molecular weight is 256 g/mol. The van der Waals surface area contributed by atoms with Crippen LogP contribution >= 0.6 is 0 Å². The van der Waals surface area contributed by atoms with E-state index in [9.17, 15) is 0 Å². The normalized spacial score (nSPS) is 10.8. The van der Waals surface area contributed by atoms with Crippen LogP contribution in [0.2, 0.25) is 0 Å². The third kappa shape index (κ3) is 2.36. The minimum atomic E-state index is -0.115. The summed E-state index contributed by atoms with van der Waals surface area (Å²) >= 11 is 0. The summed E-state index contributed by atoms with van der Waals surface area (Å²) in [4.78, 5) is 19.6. The summed E-state index contributed by atoms with van der Waals surface area (Å²) in [6, 6.07) is 1.91. The number of hydrogen-bond acceptors (Lipinski definition) is 6. The number of nitrogens with zero attached hydrogens (tertiary/aromatic N) is 4. The SMILES string of the molecule is OCc1cncc(CNc2ncnc3[nH]ccc23)n1. The van der Waals surface area contributed by atoms with E-state index in [1.807, 2.05) is 12.3 Å². The van der Waals surface area contributed by atoms with E-state index in [0.717, 1.165) is 22.5 Å². The Balaban J connectivity index is 1.80. The molecule has 0 aliphatic rings. The van der Waals surface area contributed by atoms with Crippen LogP contribution in [0.4, 0.5) is 5.82 Å². The lowest BCUT2D eigenvalue weighted by atomic mass is 10.3. The molecule has 7 heteroatoms. The highest BCUT2D eigenvalue weighted by molar-refractivity contribution is 5.86. The fraction of sp³-hybridized carbons (Fsp3) is 0.167. The lowest BCUT2D eigenvalue weighted by Crippen LogP contribution is -2.06. The summed E-state index contributed by atoms with van der Waals surface area (Å²) in [6.45, 7) is 0.370. The van der Waals surface area contributed by atoms with Crippen LogP contribution in [0.25, 0.3) is 11.0 Å². The standard InChI is InChI=1S/C12H12N6O/c19-6-9-4-13-3-8(18-9)5-15-12-10-1-2-14-11(10)16-7-17-12/h1-4,7,19H,5-6H2,(H2,14,15,16,17). The van der Waals surface area contributed by atoms with Crippen molar-refractivity contribution in [2.75, 3.05) is 5.32 Å².